The summed E-state index contributed by atoms with van der Waals surface area (Å²) < 4.78 is 0. The standard InChI is InChI=1S/C19H17N3O3/c20-11-13-4-5-15(16-8-9-21-19(13)16)12-2-1-3-14(10-12)22-17(23)6-7-18(24)25/h1-10,21H,11,20H2,(H,22,23)(H,24,25)/b7-6+. The molecule has 6 nitrogen and oxygen atoms in total. The van der Waals surface area contributed by atoms with Crippen LogP contribution in [-0.2, 0) is 16.1 Å². The van der Waals surface area contributed by atoms with Gasteiger partial charge in [0.25, 0.3) is 0 Å². The Balaban J connectivity index is 1.93. The molecule has 0 fully saturated rings. The van der Waals surface area contributed by atoms with Crippen molar-refractivity contribution >= 4 is 28.5 Å². The van der Waals surface area contributed by atoms with Crippen molar-refractivity contribution in [2.45, 2.75) is 6.54 Å². The van der Waals surface area contributed by atoms with E-state index in [4.69, 9.17) is 10.8 Å². The lowest BCUT2D eigenvalue weighted by atomic mass is 9.99. The first kappa shape index (κ1) is 16.5. The van der Waals surface area contributed by atoms with E-state index in [9.17, 15) is 9.59 Å². The van der Waals surface area contributed by atoms with Crippen LogP contribution in [0.3, 0.4) is 0 Å². The van der Waals surface area contributed by atoms with Crippen molar-refractivity contribution in [2.24, 2.45) is 5.73 Å². The van der Waals surface area contributed by atoms with Crippen molar-refractivity contribution in [3.8, 4) is 11.1 Å². The zero-order chi connectivity index (χ0) is 17.8. The second kappa shape index (κ2) is 7.02. The molecule has 3 aromatic rings. The van der Waals surface area contributed by atoms with Crippen LogP contribution in [0.4, 0.5) is 5.69 Å². The van der Waals surface area contributed by atoms with E-state index in [2.05, 4.69) is 10.3 Å². The van der Waals surface area contributed by atoms with Crippen LogP contribution >= 0.6 is 0 Å². The number of carbonyl (C=O) groups is 2. The maximum atomic E-state index is 11.7. The van der Waals surface area contributed by atoms with E-state index in [0.717, 1.165) is 39.7 Å². The highest BCUT2D eigenvalue weighted by atomic mass is 16.4. The molecule has 1 heterocycles. The largest absolute Gasteiger partial charge is 0.478 e. The first-order valence-electron chi connectivity index (χ1n) is 7.70. The number of benzene rings is 2. The van der Waals surface area contributed by atoms with Crippen LogP contribution in [0, 0.1) is 0 Å². The van der Waals surface area contributed by atoms with Gasteiger partial charge in [-0.05, 0) is 34.9 Å². The zero-order valence-electron chi connectivity index (χ0n) is 13.3. The summed E-state index contributed by atoms with van der Waals surface area (Å²) in [6.45, 7) is 0.448. The number of anilines is 1. The fourth-order valence-corrected chi connectivity index (χ4v) is 2.73. The first-order valence-corrected chi connectivity index (χ1v) is 7.70. The smallest absolute Gasteiger partial charge is 0.328 e. The van der Waals surface area contributed by atoms with Gasteiger partial charge in [-0.1, -0.05) is 24.3 Å². The lowest BCUT2D eigenvalue weighted by Crippen LogP contribution is -2.08. The molecule has 0 unspecified atom stereocenters. The summed E-state index contributed by atoms with van der Waals surface area (Å²) in [6.07, 6.45) is 3.65. The minimum Gasteiger partial charge on any atom is -0.478 e. The number of carboxylic acids is 1. The van der Waals surface area contributed by atoms with Gasteiger partial charge >= 0.3 is 5.97 Å². The lowest BCUT2D eigenvalue weighted by Gasteiger charge is -2.09. The highest BCUT2D eigenvalue weighted by molar-refractivity contribution is 6.03. The zero-order valence-corrected chi connectivity index (χ0v) is 13.3. The van der Waals surface area contributed by atoms with Gasteiger partial charge in [-0.2, -0.15) is 0 Å². The molecule has 0 bridgehead atoms. The molecule has 5 N–H and O–H groups in total. The van der Waals surface area contributed by atoms with Crippen molar-refractivity contribution in [1.82, 2.24) is 4.98 Å². The first-order chi connectivity index (χ1) is 12.1. The lowest BCUT2D eigenvalue weighted by molar-refractivity contribution is -0.131. The number of aromatic nitrogens is 1. The number of aliphatic carboxylic acids is 1. The molecule has 0 aliphatic heterocycles. The summed E-state index contributed by atoms with van der Waals surface area (Å²) in [7, 11) is 0. The quantitative estimate of drug-likeness (QED) is 0.538. The number of H-pyrrole nitrogens is 1. The van der Waals surface area contributed by atoms with E-state index in [1.807, 2.05) is 42.6 Å². The predicted octanol–water partition coefficient (Wildman–Crippen LogP) is 2.87. The summed E-state index contributed by atoms with van der Waals surface area (Å²) >= 11 is 0. The number of aromatic amines is 1. The van der Waals surface area contributed by atoms with Crippen molar-refractivity contribution < 1.29 is 14.7 Å². The topological polar surface area (TPSA) is 108 Å². The second-order valence-corrected chi connectivity index (χ2v) is 5.48. The Kier molecular flexibility index (Phi) is 4.63. The van der Waals surface area contributed by atoms with E-state index in [1.165, 1.54) is 0 Å². The van der Waals surface area contributed by atoms with Gasteiger partial charge in [0, 0.05) is 36.0 Å². The summed E-state index contributed by atoms with van der Waals surface area (Å²) in [5.41, 5.74) is 10.4. The molecule has 0 saturated carbocycles. The van der Waals surface area contributed by atoms with Crippen molar-refractivity contribution in [2.75, 3.05) is 5.32 Å². The summed E-state index contributed by atoms with van der Waals surface area (Å²) in [6, 6.07) is 13.4. The average molecular weight is 335 g/mol. The number of amides is 1. The van der Waals surface area contributed by atoms with Crippen LogP contribution in [0.25, 0.3) is 22.0 Å². The van der Waals surface area contributed by atoms with Crippen molar-refractivity contribution in [3.05, 3.63) is 66.4 Å². The van der Waals surface area contributed by atoms with Crippen LogP contribution in [0.2, 0.25) is 0 Å². The number of rotatable bonds is 5. The number of carboxylic acid groups (broad SMARTS) is 1. The molecule has 25 heavy (non-hydrogen) atoms. The Hall–Kier alpha value is -3.38. The van der Waals surface area contributed by atoms with Gasteiger partial charge in [-0.3, -0.25) is 4.79 Å². The molecule has 0 spiro atoms. The van der Waals surface area contributed by atoms with Gasteiger partial charge < -0.3 is 21.1 Å². The number of hydrogen-bond donors (Lipinski definition) is 4. The molecule has 126 valence electrons. The molecule has 1 aromatic heterocycles. The number of carbonyl (C=O) groups excluding carboxylic acids is 1. The number of nitrogens with one attached hydrogen (secondary N) is 2. The predicted molar refractivity (Wildman–Crippen MR) is 97.0 cm³/mol. The molecule has 0 aliphatic carbocycles. The van der Waals surface area contributed by atoms with Crippen LogP contribution in [0.1, 0.15) is 5.56 Å². The third kappa shape index (κ3) is 3.59. The van der Waals surface area contributed by atoms with Gasteiger partial charge in [0.05, 0.1) is 5.52 Å². The van der Waals surface area contributed by atoms with Crippen LogP contribution in [-0.4, -0.2) is 22.0 Å². The second-order valence-electron chi connectivity index (χ2n) is 5.48. The molecule has 2 aromatic carbocycles. The third-order valence-corrected chi connectivity index (χ3v) is 3.85. The minimum absolute atomic E-state index is 0.448. The Morgan fingerprint density at radius 3 is 2.76 bits per heavy atom. The van der Waals surface area contributed by atoms with E-state index < -0.39 is 11.9 Å². The van der Waals surface area contributed by atoms with Crippen molar-refractivity contribution in [1.29, 1.82) is 0 Å². The highest BCUT2D eigenvalue weighted by Crippen LogP contribution is 2.31. The molecule has 1 amide bonds. The van der Waals surface area contributed by atoms with E-state index in [-0.39, 0.29) is 0 Å². The fourth-order valence-electron chi connectivity index (χ4n) is 2.73. The molecule has 6 heteroatoms. The molecular weight excluding hydrogens is 318 g/mol. The van der Waals surface area contributed by atoms with Crippen LogP contribution in [0.5, 0.6) is 0 Å². The van der Waals surface area contributed by atoms with E-state index in [0.29, 0.717) is 12.2 Å². The van der Waals surface area contributed by atoms with Gasteiger partial charge in [-0.25, -0.2) is 4.79 Å². The van der Waals surface area contributed by atoms with E-state index >= 15 is 0 Å². The van der Waals surface area contributed by atoms with Gasteiger partial charge in [0.2, 0.25) is 5.91 Å². The van der Waals surface area contributed by atoms with E-state index in [1.54, 1.807) is 6.07 Å². The van der Waals surface area contributed by atoms with Crippen molar-refractivity contribution in [3.63, 3.8) is 0 Å². The number of hydrogen-bond acceptors (Lipinski definition) is 3. The highest BCUT2D eigenvalue weighted by Gasteiger charge is 2.09. The Morgan fingerprint density at radius 2 is 2.00 bits per heavy atom. The van der Waals surface area contributed by atoms with Gasteiger partial charge in [-0.15, -0.1) is 0 Å². The van der Waals surface area contributed by atoms with Gasteiger partial charge in [0.1, 0.15) is 0 Å². The normalized spacial score (nSPS) is 11.1. The van der Waals surface area contributed by atoms with Crippen LogP contribution < -0.4 is 11.1 Å². The fraction of sp³-hybridized carbons (Fsp3) is 0.0526. The minimum atomic E-state index is -1.17. The summed E-state index contributed by atoms with van der Waals surface area (Å²) in [5, 5.41) is 12.3. The molecule has 0 saturated heterocycles. The van der Waals surface area contributed by atoms with Crippen LogP contribution in [0.15, 0.2) is 60.8 Å². The Morgan fingerprint density at radius 1 is 1.16 bits per heavy atom. The molecule has 0 atom stereocenters. The average Bonchev–Trinajstić information content (AvgIpc) is 3.09. The maximum Gasteiger partial charge on any atom is 0.328 e. The SMILES string of the molecule is NCc1ccc(-c2cccc(NC(=O)/C=C/C(=O)O)c2)c2cc[nH]c12. The summed E-state index contributed by atoms with van der Waals surface area (Å²) in [4.78, 5) is 25.4. The molecule has 0 radical (unpaired) electrons. The number of nitrogens with two attached hydrogens (primary N) is 1. The Bertz CT molecular complexity index is 973. The Labute approximate surface area is 144 Å². The molecule has 0 aliphatic rings. The van der Waals surface area contributed by atoms with Gasteiger partial charge in [0.15, 0.2) is 0 Å². The monoisotopic (exact) mass is 335 g/mol. The number of fused-ring (bicyclic) bond motifs is 1. The summed E-state index contributed by atoms with van der Waals surface area (Å²) in [5.74, 6) is -1.66. The molecular formula is C19H17N3O3. The third-order valence-electron chi connectivity index (χ3n) is 3.85. The maximum absolute atomic E-state index is 11.7. The molecule has 3 rings (SSSR count).